The van der Waals surface area contributed by atoms with E-state index in [1.165, 1.54) is 11.0 Å². The molecule has 1 aromatic rings. The van der Waals surface area contributed by atoms with E-state index in [0.29, 0.717) is 6.42 Å². The maximum atomic E-state index is 11.8. The molecule has 0 N–H and O–H groups in total. The third-order valence-electron chi connectivity index (χ3n) is 2.82. The molecule has 4 heteroatoms. The van der Waals surface area contributed by atoms with Crippen LogP contribution >= 0.6 is 0 Å². The van der Waals surface area contributed by atoms with E-state index in [4.69, 9.17) is 4.74 Å². The summed E-state index contributed by atoms with van der Waals surface area (Å²) in [6, 6.07) is 9.53. The van der Waals surface area contributed by atoms with Gasteiger partial charge in [-0.05, 0) is 25.0 Å². The lowest BCUT2D eigenvalue weighted by Gasteiger charge is -2.17. The Morgan fingerprint density at radius 3 is 2.83 bits per heavy atom. The van der Waals surface area contributed by atoms with Crippen LogP contribution in [-0.2, 0) is 16.0 Å². The first-order valence-electron chi connectivity index (χ1n) is 5.89. The molecule has 1 heterocycles. The highest BCUT2D eigenvalue weighted by Gasteiger charge is 2.36. The van der Waals surface area contributed by atoms with Crippen molar-refractivity contribution in [3.8, 4) is 0 Å². The number of nitrogens with zero attached hydrogens (tertiary/aromatic N) is 1. The summed E-state index contributed by atoms with van der Waals surface area (Å²) in [6.07, 6.45) is 3.06. The van der Waals surface area contributed by atoms with E-state index in [1.807, 2.05) is 30.3 Å². The molecule has 0 saturated carbocycles. The van der Waals surface area contributed by atoms with Crippen molar-refractivity contribution in [2.75, 3.05) is 6.61 Å². The van der Waals surface area contributed by atoms with Crippen molar-refractivity contribution in [1.82, 2.24) is 4.90 Å². The zero-order valence-electron chi connectivity index (χ0n) is 10.2. The van der Waals surface area contributed by atoms with Gasteiger partial charge in [0, 0.05) is 0 Å². The summed E-state index contributed by atoms with van der Waals surface area (Å²) in [7, 11) is 0. The quantitative estimate of drug-likeness (QED) is 0.766. The fourth-order valence-corrected chi connectivity index (χ4v) is 1.99. The number of hydrogen-bond acceptors (Lipinski definition) is 3. The number of amides is 2. The van der Waals surface area contributed by atoms with Gasteiger partial charge in [-0.25, -0.2) is 9.69 Å². The van der Waals surface area contributed by atoms with E-state index in [1.54, 1.807) is 13.0 Å². The molecule has 1 saturated heterocycles. The van der Waals surface area contributed by atoms with Gasteiger partial charge in [-0.2, -0.15) is 0 Å². The number of ether oxygens (including phenoxy) is 1. The van der Waals surface area contributed by atoms with Gasteiger partial charge in [0.15, 0.2) is 0 Å². The molecule has 1 aromatic carbocycles. The van der Waals surface area contributed by atoms with E-state index >= 15 is 0 Å². The number of benzene rings is 1. The lowest BCUT2D eigenvalue weighted by Crippen LogP contribution is -2.39. The van der Waals surface area contributed by atoms with Crippen molar-refractivity contribution in [2.24, 2.45) is 0 Å². The first kappa shape index (κ1) is 12.4. The average Bonchev–Trinajstić information content (AvgIpc) is 2.72. The van der Waals surface area contributed by atoms with E-state index < -0.39 is 6.09 Å². The van der Waals surface area contributed by atoms with Gasteiger partial charge >= 0.3 is 6.09 Å². The molecule has 2 amide bonds. The zero-order chi connectivity index (χ0) is 13.0. The van der Waals surface area contributed by atoms with Crippen LogP contribution in [0.4, 0.5) is 4.79 Å². The molecule has 0 bridgehead atoms. The largest absolute Gasteiger partial charge is 0.447 e. The molecule has 2 rings (SSSR count). The molecule has 18 heavy (non-hydrogen) atoms. The van der Waals surface area contributed by atoms with Crippen molar-refractivity contribution in [3.63, 3.8) is 0 Å². The molecule has 0 spiro atoms. The molecular weight excluding hydrogens is 230 g/mol. The van der Waals surface area contributed by atoms with Crippen molar-refractivity contribution < 1.29 is 14.3 Å². The molecule has 0 unspecified atom stereocenters. The first-order chi connectivity index (χ1) is 8.72. The van der Waals surface area contributed by atoms with Crippen LogP contribution in [0, 0.1) is 0 Å². The SMILES string of the molecule is C/C=C\C(=O)N1C(=O)OC[C@@H]1Cc1ccccc1. The summed E-state index contributed by atoms with van der Waals surface area (Å²) in [4.78, 5) is 24.5. The number of carbonyl (C=O) groups is 2. The maximum Gasteiger partial charge on any atom is 0.417 e. The standard InChI is InChI=1S/C14H15NO3/c1-2-6-13(16)15-12(10-18-14(15)17)9-11-7-4-3-5-8-11/h2-8,12H,9-10H2,1H3/b6-2-/t12-/m0/s1. The monoisotopic (exact) mass is 245 g/mol. The normalized spacial score (nSPS) is 19.3. The maximum absolute atomic E-state index is 11.8. The van der Waals surface area contributed by atoms with E-state index in [9.17, 15) is 9.59 Å². The van der Waals surface area contributed by atoms with Crippen LogP contribution in [0.2, 0.25) is 0 Å². The number of allylic oxidation sites excluding steroid dienone is 1. The van der Waals surface area contributed by atoms with Gasteiger partial charge < -0.3 is 4.74 Å². The van der Waals surface area contributed by atoms with Crippen molar-refractivity contribution in [3.05, 3.63) is 48.0 Å². The summed E-state index contributed by atoms with van der Waals surface area (Å²) >= 11 is 0. The van der Waals surface area contributed by atoms with Crippen molar-refractivity contribution >= 4 is 12.0 Å². The van der Waals surface area contributed by atoms with E-state index in [0.717, 1.165) is 5.56 Å². The summed E-state index contributed by atoms with van der Waals surface area (Å²) in [5.74, 6) is -0.319. The topological polar surface area (TPSA) is 46.6 Å². The average molecular weight is 245 g/mol. The van der Waals surface area contributed by atoms with Gasteiger partial charge in [-0.15, -0.1) is 0 Å². The van der Waals surface area contributed by atoms with Gasteiger partial charge in [-0.3, -0.25) is 4.79 Å². The van der Waals surface area contributed by atoms with Crippen LogP contribution < -0.4 is 0 Å². The Kier molecular flexibility index (Phi) is 3.77. The van der Waals surface area contributed by atoms with Crippen LogP contribution in [0.15, 0.2) is 42.5 Å². The van der Waals surface area contributed by atoms with Gasteiger partial charge in [0.1, 0.15) is 6.61 Å². The second-order valence-electron chi connectivity index (χ2n) is 4.13. The summed E-state index contributed by atoms with van der Waals surface area (Å²) in [5, 5.41) is 0. The van der Waals surface area contributed by atoms with Gasteiger partial charge in [0.05, 0.1) is 6.04 Å². The minimum atomic E-state index is -0.556. The van der Waals surface area contributed by atoms with Gasteiger partial charge in [0.2, 0.25) is 0 Å². The summed E-state index contributed by atoms with van der Waals surface area (Å²) < 4.78 is 4.95. The molecule has 0 aliphatic carbocycles. The van der Waals surface area contributed by atoms with Crippen LogP contribution in [-0.4, -0.2) is 29.5 Å². The third-order valence-corrected chi connectivity index (χ3v) is 2.82. The number of imide groups is 1. The fourth-order valence-electron chi connectivity index (χ4n) is 1.99. The Morgan fingerprint density at radius 1 is 1.44 bits per heavy atom. The van der Waals surface area contributed by atoms with Crippen LogP contribution in [0.3, 0.4) is 0 Å². The van der Waals surface area contributed by atoms with Crippen molar-refractivity contribution in [2.45, 2.75) is 19.4 Å². The number of carbonyl (C=O) groups excluding carboxylic acids is 2. The van der Waals surface area contributed by atoms with Crippen LogP contribution in [0.25, 0.3) is 0 Å². The smallest absolute Gasteiger partial charge is 0.417 e. The highest BCUT2D eigenvalue weighted by Crippen LogP contribution is 2.17. The predicted molar refractivity (Wildman–Crippen MR) is 66.9 cm³/mol. The second-order valence-corrected chi connectivity index (χ2v) is 4.13. The molecule has 4 nitrogen and oxygen atoms in total. The molecule has 0 radical (unpaired) electrons. The number of rotatable bonds is 3. The highest BCUT2D eigenvalue weighted by atomic mass is 16.6. The van der Waals surface area contributed by atoms with Gasteiger partial charge in [-0.1, -0.05) is 36.4 Å². The van der Waals surface area contributed by atoms with E-state index in [-0.39, 0.29) is 18.6 Å². The zero-order valence-corrected chi connectivity index (χ0v) is 10.2. The van der Waals surface area contributed by atoms with Gasteiger partial charge in [0.25, 0.3) is 5.91 Å². The Morgan fingerprint density at radius 2 is 2.17 bits per heavy atom. The summed E-state index contributed by atoms with van der Waals surface area (Å²) in [5.41, 5.74) is 1.08. The Balaban J connectivity index is 2.12. The second kappa shape index (κ2) is 5.49. The van der Waals surface area contributed by atoms with E-state index in [2.05, 4.69) is 0 Å². The van der Waals surface area contributed by atoms with Crippen LogP contribution in [0.1, 0.15) is 12.5 Å². The molecular formula is C14H15NO3. The Bertz CT molecular complexity index is 467. The minimum absolute atomic E-state index is 0.219. The molecule has 94 valence electrons. The molecule has 1 atom stereocenters. The lowest BCUT2D eigenvalue weighted by atomic mass is 10.1. The first-order valence-corrected chi connectivity index (χ1v) is 5.89. The van der Waals surface area contributed by atoms with Crippen molar-refractivity contribution in [1.29, 1.82) is 0 Å². The predicted octanol–water partition coefficient (Wildman–Crippen LogP) is 2.15. The Labute approximate surface area is 106 Å². The number of hydrogen-bond donors (Lipinski definition) is 0. The fraction of sp³-hybridized carbons (Fsp3) is 0.286. The Hall–Kier alpha value is -2.10. The molecule has 1 aliphatic rings. The highest BCUT2D eigenvalue weighted by molar-refractivity contribution is 5.99. The molecule has 1 aliphatic heterocycles. The van der Waals surface area contributed by atoms with Crippen LogP contribution in [0.5, 0.6) is 0 Å². The molecule has 0 aromatic heterocycles. The minimum Gasteiger partial charge on any atom is -0.447 e. The summed E-state index contributed by atoms with van der Waals surface area (Å²) in [6.45, 7) is 2.00. The number of cyclic esters (lactones) is 1. The lowest BCUT2D eigenvalue weighted by molar-refractivity contribution is -0.124. The third kappa shape index (κ3) is 2.59. The molecule has 1 fully saturated rings.